The van der Waals surface area contributed by atoms with E-state index >= 15 is 0 Å². The lowest BCUT2D eigenvalue weighted by molar-refractivity contribution is 0.733. The summed E-state index contributed by atoms with van der Waals surface area (Å²) in [4.78, 5) is 8.29. The van der Waals surface area contributed by atoms with Gasteiger partial charge in [0.2, 0.25) is 0 Å². The molecule has 0 saturated carbocycles. The van der Waals surface area contributed by atoms with Gasteiger partial charge in [0.25, 0.3) is 0 Å². The van der Waals surface area contributed by atoms with Gasteiger partial charge in [0.05, 0.1) is 17.9 Å². The van der Waals surface area contributed by atoms with Crippen LogP contribution in [0.2, 0.25) is 0 Å². The number of aromatic nitrogens is 4. The van der Waals surface area contributed by atoms with Gasteiger partial charge in [0, 0.05) is 31.2 Å². The molecule has 5 nitrogen and oxygen atoms in total. The molecular weight excluding hydrogens is 202 g/mol. The molecule has 2 rings (SSSR count). The molecule has 0 saturated heterocycles. The van der Waals surface area contributed by atoms with Crippen LogP contribution in [-0.4, -0.2) is 19.7 Å². The zero-order valence-electron chi connectivity index (χ0n) is 9.68. The van der Waals surface area contributed by atoms with Crippen LogP contribution in [0.3, 0.4) is 0 Å². The van der Waals surface area contributed by atoms with Gasteiger partial charge in [-0.1, -0.05) is 0 Å². The van der Waals surface area contributed by atoms with Gasteiger partial charge < -0.3 is 5.32 Å². The Kier molecular flexibility index (Phi) is 2.85. The van der Waals surface area contributed by atoms with Crippen LogP contribution in [0.15, 0.2) is 24.7 Å². The Morgan fingerprint density at radius 2 is 2.19 bits per heavy atom. The van der Waals surface area contributed by atoms with Gasteiger partial charge in [0.15, 0.2) is 0 Å². The predicted molar refractivity (Wildman–Crippen MR) is 62.0 cm³/mol. The van der Waals surface area contributed by atoms with Crippen LogP contribution in [0.4, 0.5) is 5.82 Å². The third-order valence-corrected chi connectivity index (χ3v) is 2.50. The summed E-state index contributed by atoms with van der Waals surface area (Å²) in [6, 6.07) is 2.11. The highest BCUT2D eigenvalue weighted by Gasteiger charge is 2.08. The maximum absolute atomic E-state index is 4.33. The first-order chi connectivity index (χ1) is 7.66. The van der Waals surface area contributed by atoms with Crippen LogP contribution in [0.25, 0.3) is 0 Å². The molecular formula is C11H15N5. The molecule has 0 aliphatic heterocycles. The van der Waals surface area contributed by atoms with Gasteiger partial charge in [-0.05, 0) is 13.8 Å². The highest BCUT2D eigenvalue weighted by atomic mass is 15.3. The van der Waals surface area contributed by atoms with Crippen molar-refractivity contribution >= 4 is 5.82 Å². The van der Waals surface area contributed by atoms with Gasteiger partial charge >= 0.3 is 0 Å². The van der Waals surface area contributed by atoms with Crippen molar-refractivity contribution in [1.82, 2.24) is 19.7 Å². The molecule has 0 aliphatic carbocycles. The third kappa shape index (κ3) is 2.18. The minimum Gasteiger partial charge on any atom is -0.360 e. The van der Waals surface area contributed by atoms with E-state index in [1.807, 2.05) is 31.6 Å². The van der Waals surface area contributed by atoms with Gasteiger partial charge in [-0.25, -0.2) is 0 Å². The zero-order valence-corrected chi connectivity index (χ0v) is 9.68. The lowest BCUT2D eigenvalue weighted by atomic mass is 10.2. The lowest BCUT2D eigenvalue weighted by Crippen LogP contribution is -2.09. The van der Waals surface area contributed by atoms with Crippen LogP contribution in [0.5, 0.6) is 0 Å². The van der Waals surface area contributed by atoms with E-state index in [0.29, 0.717) is 0 Å². The Morgan fingerprint density at radius 3 is 2.75 bits per heavy atom. The fourth-order valence-corrected chi connectivity index (χ4v) is 1.46. The van der Waals surface area contributed by atoms with Crippen molar-refractivity contribution in [2.24, 2.45) is 7.05 Å². The van der Waals surface area contributed by atoms with Gasteiger partial charge in [0.1, 0.15) is 5.82 Å². The third-order valence-electron chi connectivity index (χ3n) is 2.50. The van der Waals surface area contributed by atoms with Gasteiger partial charge in [-0.2, -0.15) is 5.10 Å². The van der Waals surface area contributed by atoms with E-state index < -0.39 is 0 Å². The molecule has 1 atom stereocenters. The number of hydrogen-bond acceptors (Lipinski definition) is 4. The zero-order chi connectivity index (χ0) is 11.5. The largest absolute Gasteiger partial charge is 0.360 e. The molecule has 2 aromatic heterocycles. The van der Waals surface area contributed by atoms with Crippen molar-refractivity contribution in [3.05, 3.63) is 36.0 Å². The van der Waals surface area contributed by atoms with Gasteiger partial charge in [-0.3, -0.25) is 14.6 Å². The summed E-state index contributed by atoms with van der Waals surface area (Å²) in [6.45, 7) is 4.05. The van der Waals surface area contributed by atoms with E-state index in [-0.39, 0.29) is 6.04 Å². The Bertz CT molecular complexity index is 443. The Labute approximate surface area is 94.5 Å². The molecule has 2 aromatic rings. The van der Waals surface area contributed by atoms with E-state index in [4.69, 9.17) is 0 Å². The Hall–Kier alpha value is -1.91. The summed E-state index contributed by atoms with van der Waals surface area (Å²) >= 11 is 0. The molecule has 1 unspecified atom stereocenters. The van der Waals surface area contributed by atoms with Crippen molar-refractivity contribution in [1.29, 1.82) is 0 Å². The standard InChI is InChI=1S/C11H15N5/c1-8-6-11(15-16(8)3)14-9(2)10-7-12-4-5-13-10/h4-7,9H,1-3H3,(H,14,15). The van der Waals surface area contributed by atoms with E-state index in [1.165, 1.54) is 0 Å². The summed E-state index contributed by atoms with van der Waals surface area (Å²) in [5.41, 5.74) is 2.03. The number of nitrogens with zero attached hydrogens (tertiary/aromatic N) is 4. The smallest absolute Gasteiger partial charge is 0.148 e. The van der Waals surface area contributed by atoms with Crippen molar-refractivity contribution in [3.8, 4) is 0 Å². The number of rotatable bonds is 3. The maximum Gasteiger partial charge on any atom is 0.148 e. The van der Waals surface area contributed by atoms with Crippen molar-refractivity contribution in [3.63, 3.8) is 0 Å². The second-order valence-electron chi connectivity index (χ2n) is 3.79. The first-order valence-corrected chi connectivity index (χ1v) is 5.20. The fraction of sp³-hybridized carbons (Fsp3) is 0.364. The summed E-state index contributed by atoms with van der Waals surface area (Å²) in [6.07, 6.45) is 5.12. The van der Waals surface area contributed by atoms with Crippen molar-refractivity contribution in [2.75, 3.05) is 5.32 Å². The molecule has 0 fully saturated rings. The molecule has 16 heavy (non-hydrogen) atoms. The quantitative estimate of drug-likeness (QED) is 0.850. The summed E-state index contributed by atoms with van der Waals surface area (Å²) in [7, 11) is 1.92. The second-order valence-corrected chi connectivity index (χ2v) is 3.79. The summed E-state index contributed by atoms with van der Waals surface area (Å²) in [5, 5.41) is 7.62. The first kappa shape index (κ1) is 10.6. The Balaban J connectivity index is 2.11. The molecule has 0 amide bonds. The molecule has 0 radical (unpaired) electrons. The lowest BCUT2D eigenvalue weighted by Gasteiger charge is -2.11. The van der Waals surface area contributed by atoms with Crippen molar-refractivity contribution < 1.29 is 0 Å². The molecule has 0 spiro atoms. The van der Waals surface area contributed by atoms with E-state index in [0.717, 1.165) is 17.2 Å². The summed E-state index contributed by atoms with van der Waals surface area (Å²) in [5.74, 6) is 0.859. The second kappa shape index (κ2) is 4.30. The van der Waals surface area contributed by atoms with E-state index in [9.17, 15) is 0 Å². The predicted octanol–water partition coefficient (Wildman–Crippen LogP) is 1.69. The molecule has 0 aromatic carbocycles. The fourth-order valence-electron chi connectivity index (χ4n) is 1.46. The minimum absolute atomic E-state index is 0.1000. The number of anilines is 1. The SMILES string of the molecule is Cc1cc(NC(C)c2cnccn2)nn1C. The number of aryl methyl sites for hydroxylation is 2. The normalized spacial score (nSPS) is 12.4. The average molecular weight is 217 g/mol. The summed E-state index contributed by atoms with van der Waals surface area (Å²) < 4.78 is 1.84. The van der Waals surface area contributed by atoms with E-state index in [2.05, 4.69) is 20.4 Å². The molecule has 1 N–H and O–H groups in total. The highest BCUT2D eigenvalue weighted by Crippen LogP contribution is 2.15. The van der Waals surface area contributed by atoms with Crippen molar-refractivity contribution in [2.45, 2.75) is 19.9 Å². The number of nitrogens with one attached hydrogen (secondary N) is 1. The minimum atomic E-state index is 0.1000. The molecule has 0 bridgehead atoms. The Morgan fingerprint density at radius 1 is 1.38 bits per heavy atom. The number of hydrogen-bond donors (Lipinski definition) is 1. The van der Waals surface area contributed by atoms with Crippen LogP contribution in [0.1, 0.15) is 24.4 Å². The molecule has 5 heteroatoms. The van der Waals surface area contributed by atoms with Gasteiger partial charge in [-0.15, -0.1) is 0 Å². The molecule has 2 heterocycles. The maximum atomic E-state index is 4.33. The van der Waals surface area contributed by atoms with Crippen LogP contribution in [0, 0.1) is 6.92 Å². The average Bonchev–Trinajstić information content (AvgIpc) is 2.59. The topological polar surface area (TPSA) is 55.6 Å². The first-order valence-electron chi connectivity index (χ1n) is 5.20. The molecule has 84 valence electrons. The molecule has 0 aliphatic rings. The van der Waals surface area contributed by atoms with Crippen LogP contribution >= 0.6 is 0 Å². The van der Waals surface area contributed by atoms with Crippen LogP contribution in [-0.2, 0) is 7.05 Å². The monoisotopic (exact) mass is 217 g/mol. The van der Waals surface area contributed by atoms with Crippen LogP contribution < -0.4 is 5.32 Å². The van der Waals surface area contributed by atoms with E-state index in [1.54, 1.807) is 18.6 Å². The highest BCUT2D eigenvalue weighted by molar-refractivity contribution is 5.37.